The van der Waals surface area contributed by atoms with Crippen molar-refractivity contribution in [3.05, 3.63) is 52.1 Å². The largest absolute Gasteiger partial charge is 0.744 e. The van der Waals surface area contributed by atoms with Crippen LogP contribution in [0.4, 0.5) is 0 Å². The lowest BCUT2D eigenvalue weighted by Crippen LogP contribution is -2.23. The van der Waals surface area contributed by atoms with Gasteiger partial charge in [0.05, 0.1) is 4.90 Å². The fourth-order valence-electron chi connectivity index (χ4n) is 11.7. The Bertz CT molecular complexity index is 1710. The van der Waals surface area contributed by atoms with Crippen LogP contribution >= 0.6 is 0 Å². The van der Waals surface area contributed by atoms with Gasteiger partial charge in [-0.2, -0.15) is 8.42 Å². The Morgan fingerprint density at radius 3 is 1.36 bits per heavy atom. The minimum atomic E-state index is -4.78. The molecule has 2 aromatic rings. The Hall–Kier alpha value is -1.90. The van der Waals surface area contributed by atoms with Gasteiger partial charge in [0.15, 0.2) is 0 Å². The topological polar surface area (TPSA) is 101 Å². The van der Waals surface area contributed by atoms with E-state index in [1.54, 1.807) is 0 Å². The van der Waals surface area contributed by atoms with Gasteiger partial charge in [-0.25, -0.2) is 8.42 Å². The van der Waals surface area contributed by atoms with Crippen molar-refractivity contribution in [3.63, 3.8) is 0 Å². The standard InChI is InChI=1S/C39H52O6S2/c1-21(2)31-19-30(20-32(22(3)4)38(31)46(40,41)42)45-47(43,44)39-36(34-15-24-6-9-27(34)12-24)17-29(33-14-23-5-8-26(33)11-23)18-37(39)35-16-25-7-10-28(35)13-25/h17-28,33-35H,5-16H2,1-4H3,(H,40,41,42)/p-1. The van der Waals surface area contributed by atoms with Crippen LogP contribution in [-0.4, -0.2) is 21.4 Å². The first-order valence-corrected chi connectivity index (χ1v) is 21.3. The summed E-state index contributed by atoms with van der Waals surface area (Å²) in [6, 6.07) is 7.60. The second-order valence-electron chi connectivity index (χ2n) is 17.1. The van der Waals surface area contributed by atoms with Gasteiger partial charge >= 0.3 is 10.1 Å². The Labute approximate surface area is 282 Å². The van der Waals surface area contributed by atoms with Crippen LogP contribution in [0.1, 0.15) is 162 Å². The van der Waals surface area contributed by atoms with Gasteiger partial charge in [-0.05, 0) is 163 Å². The number of benzene rings is 2. The number of hydrogen-bond donors (Lipinski definition) is 0. The monoisotopic (exact) mass is 679 g/mol. The number of rotatable bonds is 9. The molecule has 256 valence electrons. The molecule has 0 aliphatic heterocycles. The molecular weight excluding hydrogens is 629 g/mol. The van der Waals surface area contributed by atoms with Crippen molar-refractivity contribution in [2.75, 3.05) is 0 Å². The molecule has 6 nitrogen and oxygen atoms in total. The van der Waals surface area contributed by atoms with E-state index >= 15 is 0 Å². The van der Waals surface area contributed by atoms with Gasteiger partial charge in [0, 0.05) is 0 Å². The average molecular weight is 680 g/mol. The van der Waals surface area contributed by atoms with E-state index in [9.17, 15) is 21.4 Å². The lowest BCUT2D eigenvalue weighted by Gasteiger charge is -2.32. The highest BCUT2D eigenvalue weighted by Gasteiger charge is 2.48. The maximum atomic E-state index is 15.0. The molecule has 0 amide bonds. The van der Waals surface area contributed by atoms with Crippen molar-refractivity contribution in [3.8, 4) is 5.75 Å². The zero-order chi connectivity index (χ0) is 33.0. The SMILES string of the molecule is CC(C)c1cc(OS(=O)(=O)c2c(C3CC4CCC3C4)cc(C3CC4CCC3C4)cc2C2CC3CCC2C3)cc(C(C)C)c1S(=O)(=O)[O-]. The summed E-state index contributed by atoms with van der Waals surface area (Å²) >= 11 is 0. The van der Waals surface area contributed by atoms with Crippen LogP contribution < -0.4 is 4.18 Å². The number of fused-ring (bicyclic) bond motifs is 6. The van der Waals surface area contributed by atoms with Gasteiger partial charge in [0.2, 0.25) is 0 Å². The van der Waals surface area contributed by atoms with Gasteiger partial charge in [-0.15, -0.1) is 0 Å². The molecule has 9 unspecified atom stereocenters. The first-order chi connectivity index (χ1) is 22.3. The van der Waals surface area contributed by atoms with Gasteiger partial charge in [0.25, 0.3) is 0 Å². The van der Waals surface area contributed by atoms with Crippen molar-refractivity contribution >= 4 is 20.2 Å². The Balaban J connectivity index is 1.30. The molecule has 2 aromatic carbocycles. The van der Waals surface area contributed by atoms with E-state index in [1.807, 2.05) is 27.7 Å². The molecule has 0 heterocycles. The van der Waals surface area contributed by atoms with Crippen molar-refractivity contribution in [2.45, 2.75) is 144 Å². The van der Waals surface area contributed by atoms with Crippen LogP contribution in [0.3, 0.4) is 0 Å². The fraction of sp³-hybridized carbons (Fsp3) is 0.692. The normalized spacial score (nSPS) is 34.4. The quantitative estimate of drug-likeness (QED) is 0.193. The molecule has 6 bridgehead atoms. The average Bonchev–Trinajstić information content (AvgIpc) is 3.87. The first-order valence-electron chi connectivity index (χ1n) is 18.5. The molecule has 47 heavy (non-hydrogen) atoms. The zero-order valence-corrected chi connectivity index (χ0v) is 30.0. The second-order valence-corrected chi connectivity index (χ2v) is 19.9. The molecule has 0 aromatic heterocycles. The van der Waals surface area contributed by atoms with Crippen molar-refractivity contribution in [2.24, 2.45) is 35.5 Å². The summed E-state index contributed by atoms with van der Waals surface area (Å²) in [5, 5.41) is 0. The highest BCUT2D eigenvalue weighted by molar-refractivity contribution is 7.87. The summed E-state index contributed by atoms with van der Waals surface area (Å²) in [4.78, 5) is 0.171. The Morgan fingerprint density at radius 1 is 0.596 bits per heavy atom. The summed E-state index contributed by atoms with van der Waals surface area (Å²) in [7, 11) is -9.08. The highest BCUT2D eigenvalue weighted by Crippen LogP contribution is 2.60. The van der Waals surface area contributed by atoms with E-state index in [2.05, 4.69) is 12.1 Å². The van der Waals surface area contributed by atoms with Crippen LogP contribution in [0, 0.1) is 35.5 Å². The predicted octanol–water partition coefficient (Wildman–Crippen LogP) is 9.32. The maximum absolute atomic E-state index is 15.0. The van der Waals surface area contributed by atoms with Crippen LogP contribution in [0.25, 0.3) is 0 Å². The van der Waals surface area contributed by atoms with Gasteiger partial charge < -0.3 is 8.74 Å². The van der Waals surface area contributed by atoms with Crippen LogP contribution in [0.5, 0.6) is 5.75 Å². The summed E-state index contributed by atoms with van der Waals surface area (Å²) in [6.07, 6.45) is 14.5. The van der Waals surface area contributed by atoms with Crippen molar-refractivity contribution in [1.82, 2.24) is 0 Å². The second kappa shape index (κ2) is 11.6. The molecule has 6 aliphatic carbocycles. The van der Waals surface area contributed by atoms with E-state index in [1.165, 1.54) is 69.1 Å². The van der Waals surface area contributed by atoms with Crippen LogP contribution in [0.2, 0.25) is 0 Å². The predicted molar refractivity (Wildman–Crippen MR) is 181 cm³/mol. The minimum absolute atomic E-state index is 0.0970. The van der Waals surface area contributed by atoms with E-state index in [0.717, 1.165) is 42.7 Å². The molecule has 9 atom stereocenters. The van der Waals surface area contributed by atoms with Gasteiger partial charge in [0.1, 0.15) is 20.8 Å². The summed E-state index contributed by atoms with van der Waals surface area (Å²) in [5.41, 5.74) is 4.00. The van der Waals surface area contributed by atoms with Crippen molar-refractivity contribution in [1.29, 1.82) is 0 Å². The summed E-state index contributed by atoms with van der Waals surface area (Å²) in [6.45, 7) is 7.28. The van der Waals surface area contributed by atoms with Gasteiger partial charge in [-0.1, -0.05) is 59.1 Å². The highest BCUT2D eigenvalue weighted by atomic mass is 32.2. The molecule has 8 heteroatoms. The molecule has 6 saturated carbocycles. The van der Waals surface area contributed by atoms with E-state index in [-0.39, 0.29) is 34.3 Å². The molecule has 8 rings (SSSR count). The molecule has 0 radical (unpaired) electrons. The van der Waals surface area contributed by atoms with Crippen LogP contribution in [0.15, 0.2) is 34.1 Å². The Morgan fingerprint density at radius 2 is 1.02 bits per heavy atom. The molecular formula is C39H51O6S2-. The minimum Gasteiger partial charge on any atom is -0.744 e. The third-order valence-electron chi connectivity index (χ3n) is 13.7. The van der Waals surface area contributed by atoms with Crippen molar-refractivity contribution < 1.29 is 25.6 Å². The smallest absolute Gasteiger partial charge is 0.339 e. The molecule has 0 saturated heterocycles. The molecule has 0 spiro atoms. The zero-order valence-electron chi connectivity index (χ0n) is 28.4. The van der Waals surface area contributed by atoms with E-state index < -0.39 is 20.2 Å². The molecule has 6 aliphatic rings. The lowest BCUT2D eigenvalue weighted by atomic mass is 9.75. The Kier molecular flexibility index (Phi) is 7.96. The summed E-state index contributed by atoms with van der Waals surface area (Å²) < 4.78 is 73.6. The van der Waals surface area contributed by atoms with Crippen LogP contribution in [-0.2, 0) is 20.2 Å². The van der Waals surface area contributed by atoms with E-state index in [0.29, 0.717) is 51.5 Å². The molecule has 0 N–H and O–H groups in total. The first kappa shape index (κ1) is 32.3. The van der Waals surface area contributed by atoms with Gasteiger partial charge in [-0.3, -0.25) is 0 Å². The third kappa shape index (κ3) is 5.60. The number of hydrogen-bond acceptors (Lipinski definition) is 6. The summed E-state index contributed by atoms with van der Waals surface area (Å²) in [5.74, 6) is 4.32. The maximum Gasteiger partial charge on any atom is 0.339 e. The lowest BCUT2D eigenvalue weighted by molar-refractivity contribution is 0.392. The third-order valence-corrected chi connectivity index (χ3v) is 16.0. The fourth-order valence-corrected chi connectivity index (χ4v) is 14.3. The van der Waals surface area contributed by atoms with E-state index in [4.69, 9.17) is 4.18 Å². The molecule has 6 fully saturated rings.